The summed E-state index contributed by atoms with van der Waals surface area (Å²) in [5, 5.41) is 16.4. The van der Waals surface area contributed by atoms with Crippen LogP contribution in [0.4, 0.5) is 0 Å². The Morgan fingerprint density at radius 1 is 1.33 bits per heavy atom. The normalized spacial score (nSPS) is 15.6. The molecule has 1 N–H and O–H groups in total. The van der Waals surface area contributed by atoms with E-state index in [0.717, 1.165) is 47.3 Å². The van der Waals surface area contributed by atoms with Crippen LogP contribution in [-0.2, 0) is 16.9 Å². The number of hydrogen-bond donors (Lipinski definition) is 1. The van der Waals surface area contributed by atoms with E-state index in [-0.39, 0.29) is 11.2 Å². The fourth-order valence-corrected chi connectivity index (χ4v) is 4.37. The molecule has 9 nitrogen and oxygen atoms in total. The Morgan fingerprint density at radius 3 is 2.77 bits per heavy atom. The van der Waals surface area contributed by atoms with Gasteiger partial charge in [0.15, 0.2) is 5.75 Å². The number of aromatic nitrogens is 4. The van der Waals surface area contributed by atoms with Gasteiger partial charge in [0.05, 0.1) is 25.4 Å². The van der Waals surface area contributed by atoms with Crippen LogP contribution in [0.3, 0.4) is 0 Å². The molecule has 1 fully saturated rings. The second-order valence-electron chi connectivity index (χ2n) is 7.86. The van der Waals surface area contributed by atoms with Crippen molar-refractivity contribution in [3.8, 4) is 5.75 Å². The maximum Gasteiger partial charge on any atom is 0.301 e. The molecular formula is C21H25N5O4. The van der Waals surface area contributed by atoms with Crippen LogP contribution < -0.4 is 5.43 Å². The molecule has 1 amide bonds. The summed E-state index contributed by atoms with van der Waals surface area (Å²) >= 11 is 0. The maximum atomic E-state index is 12.5. The number of carbonyl (C=O) groups is 1. The molecule has 0 unspecified atom stereocenters. The van der Waals surface area contributed by atoms with Crippen molar-refractivity contribution in [2.75, 3.05) is 14.2 Å². The zero-order chi connectivity index (χ0) is 21.5. The quantitative estimate of drug-likeness (QED) is 0.646. The number of amides is 1. The largest absolute Gasteiger partial charge is 0.503 e. The summed E-state index contributed by atoms with van der Waals surface area (Å²) in [7, 11) is 2.70. The van der Waals surface area contributed by atoms with Gasteiger partial charge in [-0.25, -0.2) is 10.0 Å². The van der Waals surface area contributed by atoms with Crippen molar-refractivity contribution in [2.24, 2.45) is 0 Å². The molecule has 0 saturated heterocycles. The summed E-state index contributed by atoms with van der Waals surface area (Å²) in [6.07, 6.45) is 9.09. The monoisotopic (exact) mass is 411 g/mol. The van der Waals surface area contributed by atoms with Gasteiger partial charge in [0.25, 0.3) is 5.43 Å². The molecule has 3 aromatic rings. The lowest BCUT2D eigenvalue weighted by Gasteiger charge is -2.32. The van der Waals surface area contributed by atoms with Gasteiger partial charge in [-0.05, 0) is 37.5 Å². The molecule has 0 bridgehead atoms. The minimum atomic E-state index is -0.815. The highest BCUT2D eigenvalue weighted by Crippen LogP contribution is 2.40. The number of pyridine rings is 1. The van der Waals surface area contributed by atoms with E-state index in [9.17, 15) is 14.7 Å². The van der Waals surface area contributed by atoms with E-state index in [0.29, 0.717) is 6.54 Å². The van der Waals surface area contributed by atoms with Crippen LogP contribution in [0.2, 0.25) is 0 Å². The molecule has 158 valence electrons. The predicted molar refractivity (Wildman–Crippen MR) is 110 cm³/mol. The zero-order valence-corrected chi connectivity index (χ0v) is 17.3. The van der Waals surface area contributed by atoms with Gasteiger partial charge >= 0.3 is 5.91 Å². The van der Waals surface area contributed by atoms with Crippen LogP contribution in [0.25, 0.3) is 11.0 Å². The van der Waals surface area contributed by atoms with E-state index in [1.165, 1.54) is 25.0 Å². The molecule has 1 saturated carbocycles. The van der Waals surface area contributed by atoms with E-state index in [4.69, 9.17) is 4.84 Å². The lowest BCUT2D eigenvalue weighted by molar-refractivity contribution is -0.0763. The molecule has 1 aliphatic rings. The molecule has 0 spiro atoms. The molecular weight excluding hydrogens is 386 g/mol. The molecule has 0 radical (unpaired) electrons. The summed E-state index contributed by atoms with van der Waals surface area (Å²) in [5.74, 6) is -1.23. The second kappa shape index (κ2) is 7.56. The first kappa shape index (κ1) is 20.1. The summed E-state index contributed by atoms with van der Waals surface area (Å²) in [5.41, 5.74) is 0.530. The van der Waals surface area contributed by atoms with Crippen LogP contribution in [0.5, 0.6) is 5.75 Å². The lowest BCUT2D eigenvalue weighted by Crippen LogP contribution is -2.38. The number of rotatable bonds is 5. The van der Waals surface area contributed by atoms with E-state index in [2.05, 4.69) is 33.8 Å². The summed E-state index contributed by atoms with van der Waals surface area (Å²) in [4.78, 5) is 34.2. The maximum absolute atomic E-state index is 12.5. The second-order valence-corrected chi connectivity index (χ2v) is 7.86. The van der Waals surface area contributed by atoms with Crippen LogP contribution in [0.15, 0.2) is 35.5 Å². The van der Waals surface area contributed by atoms with Gasteiger partial charge < -0.3 is 9.67 Å². The molecule has 0 atom stereocenters. The molecule has 30 heavy (non-hydrogen) atoms. The van der Waals surface area contributed by atoms with Gasteiger partial charge in [0.1, 0.15) is 5.65 Å². The fraction of sp³-hybridized carbons (Fsp3) is 0.429. The molecule has 3 heterocycles. The van der Waals surface area contributed by atoms with E-state index < -0.39 is 17.1 Å². The van der Waals surface area contributed by atoms with Gasteiger partial charge in [-0.1, -0.05) is 12.8 Å². The number of aromatic hydroxyl groups is 1. The first-order valence-electron chi connectivity index (χ1n) is 9.92. The van der Waals surface area contributed by atoms with Crippen molar-refractivity contribution < 1.29 is 14.7 Å². The highest BCUT2D eigenvalue weighted by Gasteiger charge is 2.38. The molecule has 4 rings (SSSR count). The number of fused-ring (bicyclic) bond motifs is 1. The van der Waals surface area contributed by atoms with Gasteiger partial charge in [0.2, 0.25) is 5.69 Å². The van der Waals surface area contributed by atoms with Crippen molar-refractivity contribution in [3.05, 3.63) is 52.2 Å². The van der Waals surface area contributed by atoms with Crippen LogP contribution in [0.1, 0.15) is 41.7 Å². The van der Waals surface area contributed by atoms with Gasteiger partial charge in [0, 0.05) is 24.8 Å². The van der Waals surface area contributed by atoms with E-state index >= 15 is 0 Å². The fourth-order valence-electron chi connectivity index (χ4n) is 4.37. The number of hydroxylamine groups is 2. The minimum Gasteiger partial charge on any atom is -0.503 e. The standard InChI is InChI=1S/C21H25N5O4/c1-14-11-26(19-15(14)7-6-10-22-19)21(8-4-5-9-21)13-25-12-16(27)18(28)17(23-25)20(29)24(2)30-3/h6-7,10-12,27H,4-5,8-9,13H2,1-3H3. The minimum absolute atomic E-state index is 0.317. The molecule has 0 aromatic carbocycles. The van der Waals surface area contributed by atoms with Gasteiger partial charge in [-0.3, -0.25) is 19.1 Å². The first-order valence-corrected chi connectivity index (χ1v) is 9.92. The van der Waals surface area contributed by atoms with Crippen LogP contribution in [-0.4, -0.2) is 49.6 Å². The number of carbonyl (C=O) groups excluding carboxylic acids is 1. The predicted octanol–water partition coefficient (Wildman–Crippen LogP) is 2.21. The Kier molecular flexibility index (Phi) is 5.07. The van der Waals surface area contributed by atoms with E-state index in [1.807, 2.05) is 6.07 Å². The number of nitrogens with zero attached hydrogens (tertiary/aromatic N) is 5. The smallest absolute Gasteiger partial charge is 0.301 e. The van der Waals surface area contributed by atoms with Crippen molar-refractivity contribution in [1.82, 2.24) is 24.4 Å². The zero-order valence-electron chi connectivity index (χ0n) is 17.3. The third-order valence-electron chi connectivity index (χ3n) is 5.97. The molecule has 0 aliphatic heterocycles. The van der Waals surface area contributed by atoms with Gasteiger partial charge in [-0.2, -0.15) is 5.10 Å². The average Bonchev–Trinajstić information content (AvgIpc) is 3.35. The van der Waals surface area contributed by atoms with Crippen molar-refractivity contribution >= 4 is 16.9 Å². The Balaban J connectivity index is 1.80. The first-order chi connectivity index (χ1) is 14.4. The summed E-state index contributed by atoms with van der Waals surface area (Å²) < 4.78 is 3.69. The topological polar surface area (TPSA) is 102 Å². The third-order valence-corrected chi connectivity index (χ3v) is 5.97. The van der Waals surface area contributed by atoms with Crippen molar-refractivity contribution in [3.63, 3.8) is 0 Å². The Labute approximate surface area is 173 Å². The highest BCUT2D eigenvalue weighted by atomic mass is 16.7. The molecule has 1 aliphatic carbocycles. The molecule has 9 heteroatoms. The third kappa shape index (κ3) is 3.24. The molecule has 3 aromatic heterocycles. The van der Waals surface area contributed by atoms with Gasteiger partial charge in [-0.15, -0.1) is 0 Å². The van der Waals surface area contributed by atoms with Crippen LogP contribution in [0, 0.1) is 6.92 Å². The SMILES string of the molecule is CON(C)C(=O)c1nn(CC2(n3cc(C)c4cccnc43)CCCC2)cc(O)c1=O. The summed E-state index contributed by atoms with van der Waals surface area (Å²) in [6, 6.07) is 3.98. The van der Waals surface area contributed by atoms with E-state index in [1.54, 1.807) is 6.20 Å². The number of aryl methyl sites for hydroxylation is 1. The van der Waals surface area contributed by atoms with Crippen LogP contribution >= 0.6 is 0 Å². The summed E-state index contributed by atoms with van der Waals surface area (Å²) in [6.45, 7) is 2.46. The van der Waals surface area contributed by atoms with Crippen molar-refractivity contribution in [2.45, 2.75) is 44.7 Å². The Morgan fingerprint density at radius 2 is 2.07 bits per heavy atom. The van der Waals surface area contributed by atoms with Crippen molar-refractivity contribution in [1.29, 1.82) is 0 Å². The Bertz CT molecular complexity index is 1160. The average molecular weight is 411 g/mol. The number of hydrogen-bond acceptors (Lipinski definition) is 6. The lowest BCUT2D eigenvalue weighted by atomic mass is 9.97. The Hall–Kier alpha value is -3.20. The highest BCUT2D eigenvalue weighted by molar-refractivity contribution is 5.91.